The molecule has 3 N–H and O–H groups in total. The maximum Gasteiger partial charge on any atom is 0.234 e. The Kier molecular flexibility index (Phi) is 6.08. The van der Waals surface area contributed by atoms with E-state index in [0.29, 0.717) is 6.54 Å². The molecule has 0 unspecified atom stereocenters. The summed E-state index contributed by atoms with van der Waals surface area (Å²) in [5, 5.41) is 12.8. The predicted octanol–water partition coefficient (Wildman–Crippen LogP) is 1.35. The van der Waals surface area contributed by atoms with Gasteiger partial charge in [-0.15, -0.1) is 0 Å². The number of nitrogens with zero attached hydrogens (tertiary/aromatic N) is 2. The van der Waals surface area contributed by atoms with Gasteiger partial charge in [0.25, 0.3) is 0 Å². The van der Waals surface area contributed by atoms with E-state index < -0.39 is 0 Å². The molecule has 0 aliphatic heterocycles. The van der Waals surface area contributed by atoms with E-state index in [1.54, 1.807) is 10.9 Å². The third kappa shape index (κ3) is 5.51. The minimum atomic E-state index is -0.107. The van der Waals surface area contributed by atoms with Gasteiger partial charge in [0.15, 0.2) is 0 Å². The fraction of sp³-hybridized carbons (Fsp3) is 0.353. The van der Waals surface area contributed by atoms with Crippen LogP contribution in [0.25, 0.3) is 0 Å². The van der Waals surface area contributed by atoms with Gasteiger partial charge in [0.05, 0.1) is 12.7 Å². The molecule has 1 atom stereocenters. The maximum atomic E-state index is 11.9. The van der Waals surface area contributed by atoms with Crippen molar-refractivity contribution < 1.29 is 9.59 Å². The van der Waals surface area contributed by atoms with Gasteiger partial charge in [-0.05, 0) is 24.6 Å². The van der Waals surface area contributed by atoms with Crippen LogP contribution in [0.2, 0.25) is 0 Å². The van der Waals surface area contributed by atoms with Crippen molar-refractivity contribution in [1.82, 2.24) is 20.4 Å². The number of nitrogens with one attached hydrogen (secondary N) is 3. The highest BCUT2D eigenvalue weighted by Crippen LogP contribution is 2.10. The minimum absolute atomic E-state index is 0.0568. The quantitative estimate of drug-likeness (QED) is 0.715. The average molecular weight is 329 g/mol. The normalized spacial score (nSPS) is 11.8. The highest BCUT2D eigenvalue weighted by molar-refractivity contribution is 5.88. The van der Waals surface area contributed by atoms with E-state index in [0.717, 1.165) is 16.8 Å². The van der Waals surface area contributed by atoms with Crippen LogP contribution in [0.15, 0.2) is 36.7 Å². The molecule has 2 rings (SSSR count). The summed E-state index contributed by atoms with van der Waals surface area (Å²) in [7, 11) is 1.86. The van der Waals surface area contributed by atoms with Crippen molar-refractivity contribution >= 4 is 17.5 Å². The molecule has 7 nitrogen and oxygen atoms in total. The van der Waals surface area contributed by atoms with Crippen molar-refractivity contribution in [2.75, 3.05) is 11.9 Å². The number of aromatic nitrogens is 2. The molecule has 1 aromatic heterocycles. The lowest BCUT2D eigenvalue weighted by Crippen LogP contribution is -2.34. The fourth-order valence-corrected chi connectivity index (χ4v) is 2.20. The number of rotatable bonds is 7. The molecule has 0 fully saturated rings. The molecule has 0 spiro atoms. The number of amides is 2. The summed E-state index contributed by atoms with van der Waals surface area (Å²) >= 11 is 0. The first-order valence-electron chi connectivity index (χ1n) is 7.79. The molecule has 7 heteroatoms. The molecule has 24 heavy (non-hydrogen) atoms. The summed E-state index contributed by atoms with van der Waals surface area (Å²) in [5.41, 5.74) is 2.75. The Morgan fingerprint density at radius 3 is 2.54 bits per heavy atom. The molecule has 2 aromatic rings. The number of hydrogen-bond donors (Lipinski definition) is 3. The highest BCUT2D eigenvalue weighted by Gasteiger charge is 2.09. The van der Waals surface area contributed by atoms with E-state index in [9.17, 15) is 9.59 Å². The van der Waals surface area contributed by atoms with Crippen molar-refractivity contribution in [3.05, 3.63) is 47.8 Å². The highest BCUT2D eigenvalue weighted by atomic mass is 16.2. The van der Waals surface area contributed by atoms with Gasteiger partial charge < -0.3 is 16.0 Å². The molecule has 0 saturated carbocycles. The van der Waals surface area contributed by atoms with Gasteiger partial charge in [-0.25, -0.2) is 0 Å². The van der Waals surface area contributed by atoms with Crippen LogP contribution in [0.5, 0.6) is 0 Å². The molecule has 0 saturated heterocycles. The van der Waals surface area contributed by atoms with Gasteiger partial charge in [0.2, 0.25) is 11.8 Å². The monoisotopic (exact) mass is 329 g/mol. The summed E-state index contributed by atoms with van der Waals surface area (Å²) < 4.78 is 1.73. The summed E-state index contributed by atoms with van der Waals surface area (Å²) in [6, 6.07) is 7.42. The largest absolute Gasteiger partial charge is 0.351 e. The molecule has 128 valence electrons. The second-order valence-electron chi connectivity index (χ2n) is 5.70. The minimum Gasteiger partial charge on any atom is -0.351 e. The van der Waals surface area contributed by atoms with Crippen LogP contribution in [0.4, 0.5) is 5.69 Å². The van der Waals surface area contributed by atoms with Gasteiger partial charge in [-0.3, -0.25) is 14.3 Å². The van der Waals surface area contributed by atoms with E-state index in [4.69, 9.17) is 0 Å². The Hall–Kier alpha value is -2.67. The van der Waals surface area contributed by atoms with Crippen LogP contribution < -0.4 is 16.0 Å². The molecule has 1 heterocycles. The Balaban J connectivity index is 1.73. The smallest absolute Gasteiger partial charge is 0.234 e. The van der Waals surface area contributed by atoms with Crippen molar-refractivity contribution in [2.24, 2.45) is 7.05 Å². The first-order valence-corrected chi connectivity index (χ1v) is 7.79. The second-order valence-corrected chi connectivity index (χ2v) is 5.70. The van der Waals surface area contributed by atoms with Gasteiger partial charge in [0, 0.05) is 44.0 Å². The Bertz CT molecular complexity index is 693. The molecule has 2 amide bonds. The van der Waals surface area contributed by atoms with Crippen molar-refractivity contribution in [2.45, 2.75) is 26.4 Å². The van der Waals surface area contributed by atoms with Crippen LogP contribution in [0.3, 0.4) is 0 Å². The summed E-state index contributed by atoms with van der Waals surface area (Å²) in [4.78, 5) is 22.9. The zero-order valence-electron chi connectivity index (χ0n) is 14.2. The second kappa shape index (κ2) is 8.26. The Morgan fingerprint density at radius 1 is 1.25 bits per heavy atom. The fourth-order valence-electron chi connectivity index (χ4n) is 2.20. The molecule has 0 aliphatic carbocycles. The number of carbonyl (C=O) groups is 2. The first-order chi connectivity index (χ1) is 11.4. The maximum absolute atomic E-state index is 11.9. The van der Waals surface area contributed by atoms with E-state index in [2.05, 4.69) is 21.0 Å². The van der Waals surface area contributed by atoms with Crippen LogP contribution in [0.1, 0.15) is 31.0 Å². The predicted molar refractivity (Wildman–Crippen MR) is 92.2 cm³/mol. The van der Waals surface area contributed by atoms with Gasteiger partial charge in [-0.2, -0.15) is 5.10 Å². The van der Waals surface area contributed by atoms with Gasteiger partial charge in [0.1, 0.15) is 0 Å². The van der Waals surface area contributed by atoms with Crippen molar-refractivity contribution in [3.8, 4) is 0 Å². The standard InChI is InChI=1S/C17H23N5O2/c1-12(15-9-20-22(3)11-15)18-10-17(24)19-8-14-4-6-16(7-5-14)21-13(2)23/h4-7,9,11-12,18H,8,10H2,1-3H3,(H,19,24)(H,21,23)/t12-/m0/s1. The molecule has 0 radical (unpaired) electrons. The number of aryl methyl sites for hydroxylation is 1. The van der Waals surface area contributed by atoms with E-state index in [1.807, 2.05) is 44.4 Å². The van der Waals surface area contributed by atoms with Crippen molar-refractivity contribution in [1.29, 1.82) is 0 Å². The first kappa shape index (κ1) is 17.7. The number of carbonyl (C=O) groups excluding carboxylic acids is 2. The van der Waals surface area contributed by atoms with Crippen LogP contribution in [-0.4, -0.2) is 28.1 Å². The lowest BCUT2D eigenvalue weighted by Gasteiger charge is -2.12. The topological polar surface area (TPSA) is 88.1 Å². The molecule has 0 bridgehead atoms. The lowest BCUT2D eigenvalue weighted by molar-refractivity contribution is -0.120. The number of anilines is 1. The van der Waals surface area contributed by atoms with Crippen molar-refractivity contribution in [3.63, 3.8) is 0 Å². The Morgan fingerprint density at radius 2 is 1.96 bits per heavy atom. The van der Waals surface area contributed by atoms with Gasteiger partial charge >= 0.3 is 0 Å². The SMILES string of the molecule is CC(=O)Nc1ccc(CNC(=O)CN[C@@H](C)c2cnn(C)c2)cc1. The number of hydrogen-bond acceptors (Lipinski definition) is 4. The summed E-state index contributed by atoms with van der Waals surface area (Å²) in [6.45, 7) is 4.14. The molecule has 1 aromatic carbocycles. The average Bonchev–Trinajstić information content (AvgIpc) is 2.98. The van der Waals surface area contributed by atoms with Gasteiger partial charge in [-0.1, -0.05) is 12.1 Å². The molecular weight excluding hydrogens is 306 g/mol. The number of benzene rings is 1. The zero-order valence-corrected chi connectivity index (χ0v) is 14.2. The Labute approximate surface area is 141 Å². The van der Waals surface area contributed by atoms with Crippen LogP contribution in [-0.2, 0) is 23.2 Å². The third-order valence-electron chi connectivity index (χ3n) is 3.56. The lowest BCUT2D eigenvalue weighted by atomic mass is 10.2. The third-order valence-corrected chi connectivity index (χ3v) is 3.56. The van der Waals surface area contributed by atoms with Crippen LogP contribution in [0, 0.1) is 0 Å². The molecular formula is C17H23N5O2. The molecule has 0 aliphatic rings. The zero-order chi connectivity index (χ0) is 17.5. The summed E-state index contributed by atoms with van der Waals surface area (Å²) in [5.74, 6) is -0.179. The van der Waals surface area contributed by atoms with Crippen LogP contribution >= 0.6 is 0 Å². The van der Waals surface area contributed by atoms with E-state index >= 15 is 0 Å². The van der Waals surface area contributed by atoms with E-state index in [1.165, 1.54) is 6.92 Å². The summed E-state index contributed by atoms with van der Waals surface area (Å²) in [6.07, 6.45) is 3.71. The van der Waals surface area contributed by atoms with E-state index in [-0.39, 0.29) is 24.4 Å².